The smallest absolute Gasteiger partial charge is 0.394 e. The van der Waals surface area contributed by atoms with Crippen LogP contribution in [0.5, 0.6) is 0 Å². The first kappa shape index (κ1) is 17.0. The number of rotatable bonds is 5. The Labute approximate surface area is 138 Å². The summed E-state index contributed by atoms with van der Waals surface area (Å²) in [5.41, 5.74) is 0.496. The quantitative estimate of drug-likeness (QED) is 0.879. The zero-order valence-electron chi connectivity index (χ0n) is 13.2. The highest BCUT2D eigenvalue weighted by Crippen LogP contribution is 2.30. The fourth-order valence-electron chi connectivity index (χ4n) is 3.12. The van der Waals surface area contributed by atoms with Crippen molar-refractivity contribution in [2.45, 2.75) is 43.9 Å². The van der Waals surface area contributed by atoms with Gasteiger partial charge in [0.2, 0.25) is 0 Å². The molecule has 1 aliphatic carbocycles. The number of aromatic nitrogens is 2. The largest absolute Gasteiger partial charge is 0.435 e. The number of hydrogen-bond donors (Lipinski definition) is 2. The lowest BCUT2D eigenvalue weighted by Gasteiger charge is -2.28. The zero-order chi connectivity index (χ0) is 17.2. The Morgan fingerprint density at radius 2 is 1.79 bits per heavy atom. The van der Waals surface area contributed by atoms with Gasteiger partial charge in [0.05, 0.1) is 12.3 Å². The molecule has 130 valence electrons. The fourth-order valence-corrected chi connectivity index (χ4v) is 3.12. The molecule has 1 saturated carbocycles. The SMILES string of the molecule is OCC1(NCc2ccc(-n3ccc(C(F)(F)F)n3)cc2)CCCC1. The molecule has 2 aromatic rings. The van der Waals surface area contributed by atoms with Crippen molar-refractivity contribution in [1.29, 1.82) is 0 Å². The van der Waals surface area contributed by atoms with Crippen molar-refractivity contribution in [3.8, 4) is 5.69 Å². The van der Waals surface area contributed by atoms with Crippen molar-refractivity contribution >= 4 is 0 Å². The van der Waals surface area contributed by atoms with Gasteiger partial charge in [0.25, 0.3) is 0 Å². The van der Waals surface area contributed by atoms with Crippen LogP contribution < -0.4 is 5.32 Å². The molecule has 1 aromatic carbocycles. The molecule has 0 spiro atoms. The molecule has 1 aromatic heterocycles. The summed E-state index contributed by atoms with van der Waals surface area (Å²) in [6.45, 7) is 0.742. The van der Waals surface area contributed by atoms with E-state index in [1.165, 1.54) is 10.9 Å². The van der Waals surface area contributed by atoms with E-state index in [-0.39, 0.29) is 12.1 Å². The molecule has 0 unspecified atom stereocenters. The van der Waals surface area contributed by atoms with Gasteiger partial charge in [-0.3, -0.25) is 0 Å². The Kier molecular flexibility index (Phi) is 4.64. The Balaban J connectivity index is 1.66. The van der Waals surface area contributed by atoms with E-state index in [2.05, 4.69) is 10.4 Å². The zero-order valence-corrected chi connectivity index (χ0v) is 13.2. The summed E-state index contributed by atoms with van der Waals surface area (Å²) < 4.78 is 39.0. The van der Waals surface area contributed by atoms with E-state index < -0.39 is 11.9 Å². The van der Waals surface area contributed by atoms with Crippen molar-refractivity contribution in [1.82, 2.24) is 15.1 Å². The van der Waals surface area contributed by atoms with Crippen molar-refractivity contribution in [2.24, 2.45) is 0 Å². The summed E-state index contributed by atoms with van der Waals surface area (Å²) in [7, 11) is 0. The van der Waals surface area contributed by atoms with E-state index in [0.717, 1.165) is 37.3 Å². The maximum atomic E-state index is 12.6. The van der Waals surface area contributed by atoms with Gasteiger partial charge in [-0.05, 0) is 36.6 Å². The lowest BCUT2D eigenvalue weighted by atomic mass is 9.98. The van der Waals surface area contributed by atoms with Crippen LogP contribution in [0, 0.1) is 0 Å². The summed E-state index contributed by atoms with van der Waals surface area (Å²) in [5, 5.41) is 16.6. The van der Waals surface area contributed by atoms with Gasteiger partial charge < -0.3 is 10.4 Å². The molecule has 0 amide bonds. The van der Waals surface area contributed by atoms with Crippen LogP contribution in [-0.2, 0) is 12.7 Å². The molecule has 7 heteroatoms. The first-order valence-electron chi connectivity index (χ1n) is 8.00. The van der Waals surface area contributed by atoms with Crippen LogP contribution in [0.15, 0.2) is 36.5 Å². The Morgan fingerprint density at radius 3 is 2.33 bits per heavy atom. The Bertz CT molecular complexity index is 673. The average Bonchev–Trinajstić information content (AvgIpc) is 3.23. The number of hydrogen-bond acceptors (Lipinski definition) is 3. The number of nitrogens with one attached hydrogen (secondary N) is 1. The first-order valence-corrected chi connectivity index (χ1v) is 8.00. The van der Waals surface area contributed by atoms with Crippen LogP contribution in [0.4, 0.5) is 13.2 Å². The minimum absolute atomic E-state index is 0.124. The van der Waals surface area contributed by atoms with Crippen LogP contribution in [0.1, 0.15) is 36.9 Å². The highest BCUT2D eigenvalue weighted by molar-refractivity contribution is 5.34. The summed E-state index contributed by atoms with van der Waals surface area (Å²) in [6, 6.07) is 8.16. The minimum Gasteiger partial charge on any atom is -0.394 e. The fraction of sp³-hybridized carbons (Fsp3) is 0.471. The van der Waals surface area contributed by atoms with Gasteiger partial charge in [0, 0.05) is 18.3 Å². The Morgan fingerprint density at radius 1 is 1.12 bits per heavy atom. The van der Waals surface area contributed by atoms with E-state index in [1.54, 1.807) is 12.1 Å². The van der Waals surface area contributed by atoms with Crippen molar-refractivity contribution in [2.75, 3.05) is 6.61 Å². The summed E-state index contributed by atoms with van der Waals surface area (Å²) in [5.74, 6) is 0. The molecule has 0 saturated heterocycles. The van der Waals surface area contributed by atoms with Gasteiger partial charge in [-0.15, -0.1) is 0 Å². The molecule has 1 aliphatic rings. The molecular formula is C17H20F3N3O. The van der Waals surface area contributed by atoms with Crippen LogP contribution in [-0.4, -0.2) is 27.0 Å². The van der Waals surface area contributed by atoms with Crippen molar-refractivity contribution < 1.29 is 18.3 Å². The predicted octanol–water partition coefficient (Wildman–Crippen LogP) is 3.29. The van der Waals surface area contributed by atoms with Gasteiger partial charge in [-0.2, -0.15) is 18.3 Å². The van der Waals surface area contributed by atoms with Gasteiger partial charge in [-0.1, -0.05) is 25.0 Å². The highest BCUT2D eigenvalue weighted by Gasteiger charge is 2.34. The van der Waals surface area contributed by atoms with E-state index in [0.29, 0.717) is 12.2 Å². The maximum Gasteiger partial charge on any atom is 0.435 e. The molecular weight excluding hydrogens is 319 g/mol. The highest BCUT2D eigenvalue weighted by atomic mass is 19.4. The lowest BCUT2D eigenvalue weighted by Crippen LogP contribution is -2.45. The van der Waals surface area contributed by atoms with Gasteiger partial charge in [0.15, 0.2) is 5.69 Å². The van der Waals surface area contributed by atoms with E-state index >= 15 is 0 Å². The normalized spacial score (nSPS) is 17.3. The predicted molar refractivity (Wildman–Crippen MR) is 83.7 cm³/mol. The number of aliphatic hydroxyl groups excluding tert-OH is 1. The summed E-state index contributed by atoms with van der Waals surface area (Å²) in [6.07, 6.45) is 1.04. The van der Waals surface area contributed by atoms with Gasteiger partial charge in [0.1, 0.15) is 0 Å². The molecule has 0 radical (unpaired) electrons. The first-order chi connectivity index (χ1) is 11.4. The molecule has 0 aliphatic heterocycles. The third kappa shape index (κ3) is 3.62. The molecule has 3 rings (SSSR count). The number of nitrogens with zero attached hydrogens (tertiary/aromatic N) is 2. The summed E-state index contributed by atoms with van der Waals surface area (Å²) >= 11 is 0. The molecule has 0 bridgehead atoms. The van der Waals surface area contributed by atoms with Gasteiger partial charge >= 0.3 is 6.18 Å². The van der Waals surface area contributed by atoms with Gasteiger partial charge in [-0.25, -0.2) is 4.68 Å². The van der Waals surface area contributed by atoms with Crippen LogP contribution in [0.2, 0.25) is 0 Å². The molecule has 24 heavy (non-hydrogen) atoms. The second kappa shape index (κ2) is 6.57. The number of alkyl halides is 3. The number of halogens is 3. The molecule has 1 fully saturated rings. The van der Waals surface area contributed by atoms with E-state index in [4.69, 9.17) is 0 Å². The van der Waals surface area contributed by atoms with Crippen molar-refractivity contribution in [3.63, 3.8) is 0 Å². The van der Waals surface area contributed by atoms with Crippen LogP contribution >= 0.6 is 0 Å². The monoisotopic (exact) mass is 339 g/mol. The summed E-state index contributed by atoms with van der Waals surface area (Å²) in [4.78, 5) is 0. The maximum absolute atomic E-state index is 12.6. The van der Waals surface area contributed by atoms with Crippen molar-refractivity contribution in [3.05, 3.63) is 47.8 Å². The standard InChI is InChI=1S/C17H20F3N3O/c18-17(19,20)15-7-10-23(22-15)14-5-3-13(4-6-14)11-21-16(12-24)8-1-2-9-16/h3-7,10,21,24H,1-2,8-9,11-12H2. The van der Waals surface area contributed by atoms with E-state index in [9.17, 15) is 18.3 Å². The lowest BCUT2D eigenvalue weighted by molar-refractivity contribution is -0.141. The number of aliphatic hydroxyl groups is 1. The number of benzene rings is 1. The topological polar surface area (TPSA) is 50.1 Å². The molecule has 2 N–H and O–H groups in total. The second-order valence-corrected chi connectivity index (χ2v) is 6.31. The third-order valence-electron chi connectivity index (χ3n) is 4.61. The Hall–Kier alpha value is -1.86. The average molecular weight is 339 g/mol. The molecule has 4 nitrogen and oxygen atoms in total. The molecule has 0 atom stereocenters. The minimum atomic E-state index is -4.44. The second-order valence-electron chi connectivity index (χ2n) is 6.31. The van der Waals surface area contributed by atoms with Crippen LogP contribution in [0.3, 0.4) is 0 Å². The molecule has 1 heterocycles. The third-order valence-corrected chi connectivity index (χ3v) is 4.61. The van der Waals surface area contributed by atoms with E-state index in [1.807, 2.05) is 12.1 Å². The van der Waals surface area contributed by atoms with Crippen LogP contribution in [0.25, 0.3) is 5.69 Å².